The van der Waals surface area contributed by atoms with Gasteiger partial charge in [-0.3, -0.25) is 9.59 Å². The number of hydrogen-bond acceptors (Lipinski definition) is 7. The quantitative estimate of drug-likeness (QED) is 0.359. The van der Waals surface area contributed by atoms with E-state index >= 15 is 0 Å². The minimum absolute atomic E-state index is 0.0769. The van der Waals surface area contributed by atoms with Crippen LogP contribution in [0.3, 0.4) is 0 Å². The van der Waals surface area contributed by atoms with Gasteiger partial charge in [-0.05, 0) is 43.5 Å². The Morgan fingerprint density at radius 3 is 2.76 bits per heavy atom. The Morgan fingerprint density at radius 2 is 2.06 bits per heavy atom. The molecule has 172 valence electrons. The zero-order valence-electron chi connectivity index (χ0n) is 18.6. The molecule has 9 heteroatoms. The van der Waals surface area contributed by atoms with Gasteiger partial charge in [0, 0.05) is 30.5 Å². The van der Waals surface area contributed by atoms with Crippen molar-refractivity contribution in [3.05, 3.63) is 53.9 Å². The lowest BCUT2D eigenvalue weighted by Crippen LogP contribution is -2.29. The number of aryl methyl sites for hydroxylation is 1. The third-order valence-electron chi connectivity index (χ3n) is 4.99. The van der Waals surface area contributed by atoms with E-state index in [1.165, 1.54) is 6.08 Å². The minimum Gasteiger partial charge on any atom is -0.381 e. The van der Waals surface area contributed by atoms with Crippen molar-refractivity contribution in [2.24, 2.45) is 5.73 Å². The number of hydrogen-bond donors (Lipinski definition) is 4. The Morgan fingerprint density at radius 1 is 1.27 bits per heavy atom. The van der Waals surface area contributed by atoms with Crippen molar-refractivity contribution < 1.29 is 14.3 Å². The van der Waals surface area contributed by atoms with E-state index in [1.807, 2.05) is 31.2 Å². The minimum atomic E-state index is -0.661. The summed E-state index contributed by atoms with van der Waals surface area (Å²) >= 11 is 0. The number of amides is 2. The first kappa shape index (κ1) is 23.8. The molecule has 33 heavy (non-hydrogen) atoms. The second kappa shape index (κ2) is 11.6. The molecule has 1 saturated heterocycles. The number of aromatic nitrogens is 2. The van der Waals surface area contributed by atoms with Gasteiger partial charge in [-0.25, -0.2) is 9.97 Å². The van der Waals surface area contributed by atoms with Crippen molar-refractivity contribution >= 4 is 29.1 Å². The molecule has 1 aromatic heterocycles. The summed E-state index contributed by atoms with van der Waals surface area (Å²) in [6.07, 6.45) is 3.55. The summed E-state index contributed by atoms with van der Waals surface area (Å²) in [5, 5.41) is 9.19. The highest BCUT2D eigenvalue weighted by Gasteiger charge is 2.20. The second-order valence-electron chi connectivity index (χ2n) is 7.39. The van der Waals surface area contributed by atoms with Crippen LogP contribution in [-0.2, 0) is 16.0 Å². The normalized spacial score (nSPS) is 13.4. The fourth-order valence-electron chi connectivity index (χ4n) is 3.29. The first-order valence-corrected chi connectivity index (χ1v) is 10.8. The van der Waals surface area contributed by atoms with E-state index in [9.17, 15) is 9.59 Å². The van der Waals surface area contributed by atoms with Gasteiger partial charge in [0.25, 0.3) is 5.91 Å². The molecule has 0 radical (unpaired) electrons. The fraction of sp³-hybridized carbons (Fsp3) is 0.333. The molecule has 1 aliphatic rings. The number of ether oxygens (including phenoxy) is 1. The van der Waals surface area contributed by atoms with Crippen LogP contribution in [0.4, 0.5) is 17.3 Å². The van der Waals surface area contributed by atoms with E-state index in [2.05, 4.69) is 44.3 Å². The average Bonchev–Trinajstić information content (AvgIpc) is 2.82. The molecule has 0 saturated carbocycles. The molecule has 0 aliphatic carbocycles. The molecular weight excluding hydrogens is 420 g/mol. The van der Waals surface area contributed by atoms with Gasteiger partial charge in [0.2, 0.25) is 5.91 Å². The molecule has 0 bridgehead atoms. The highest BCUT2D eigenvalue weighted by atomic mass is 16.5. The van der Waals surface area contributed by atoms with Crippen molar-refractivity contribution in [1.82, 2.24) is 15.3 Å². The highest BCUT2D eigenvalue weighted by Crippen LogP contribution is 2.24. The van der Waals surface area contributed by atoms with Crippen molar-refractivity contribution in [1.29, 1.82) is 0 Å². The Labute approximate surface area is 193 Å². The van der Waals surface area contributed by atoms with Gasteiger partial charge in [0.05, 0.1) is 12.2 Å². The number of carbonyl (C=O) groups is 2. The van der Waals surface area contributed by atoms with Crippen LogP contribution >= 0.6 is 0 Å². The molecule has 0 atom stereocenters. The van der Waals surface area contributed by atoms with Gasteiger partial charge < -0.3 is 26.4 Å². The standard InChI is InChI=1S/C24H28N6O3/c1-3-19-23(27-17-10-13-33-14-11-17)30-24(21(29-19)22(25)32)28-18-9-5-7-16(15-18)8-6-12-26-20(31)4-2/h4-5,7,9,15,17H,2-3,10-14H2,1H3,(H2,25,32)(H,26,31)(H2,27,28,30). The van der Waals surface area contributed by atoms with Crippen molar-refractivity contribution in [2.75, 3.05) is 30.4 Å². The summed E-state index contributed by atoms with van der Waals surface area (Å²) < 4.78 is 5.43. The van der Waals surface area contributed by atoms with E-state index in [0.29, 0.717) is 36.8 Å². The van der Waals surface area contributed by atoms with E-state index in [4.69, 9.17) is 10.5 Å². The van der Waals surface area contributed by atoms with E-state index in [0.717, 1.165) is 18.4 Å². The number of benzene rings is 1. The van der Waals surface area contributed by atoms with Gasteiger partial charge in [-0.2, -0.15) is 0 Å². The van der Waals surface area contributed by atoms with E-state index in [-0.39, 0.29) is 30.0 Å². The lowest BCUT2D eigenvalue weighted by atomic mass is 10.1. The van der Waals surface area contributed by atoms with Crippen LogP contribution in [0.15, 0.2) is 36.9 Å². The van der Waals surface area contributed by atoms with E-state index in [1.54, 1.807) is 0 Å². The molecule has 9 nitrogen and oxygen atoms in total. The number of nitrogens with zero attached hydrogens (tertiary/aromatic N) is 2. The zero-order chi connectivity index (χ0) is 23.6. The van der Waals surface area contributed by atoms with Crippen LogP contribution in [0.1, 0.15) is 41.5 Å². The molecule has 0 unspecified atom stereocenters. The first-order chi connectivity index (χ1) is 16.0. The Hall–Kier alpha value is -3.90. The maximum atomic E-state index is 12.1. The molecule has 1 aliphatic heterocycles. The number of rotatable bonds is 8. The van der Waals surface area contributed by atoms with Crippen molar-refractivity contribution in [3.63, 3.8) is 0 Å². The molecule has 1 aromatic carbocycles. The first-order valence-electron chi connectivity index (χ1n) is 10.8. The smallest absolute Gasteiger partial charge is 0.271 e. The summed E-state index contributed by atoms with van der Waals surface area (Å²) in [6, 6.07) is 7.54. The van der Waals surface area contributed by atoms with E-state index < -0.39 is 5.91 Å². The molecule has 0 spiro atoms. The molecular formula is C24H28N6O3. The van der Waals surface area contributed by atoms with Crippen molar-refractivity contribution in [3.8, 4) is 11.8 Å². The molecule has 1 fully saturated rings. The summed E-state index contributed by atoms with van der Waals surface area (Å²) in [7, 11) is 0. The Kier molecular flexibility index (Phi) is 8.38. The molecule has 3 rings (SSSR count). The maximum absolute atomic E-state index is 12.1. The largest absolute Gasteiger partial charge is 0.381 e. The molecule has 5 N–H and O–H groups in total. The SMILES string of the molecule is C=CC(=O)NCC#Cc1cccc(Nc2nc(NC3CCOCC3)c(CC)nc2C(N)=O)c1. The predicted molar refractivity (Wildman–Crippen MR) is 127 cm³/mol. The van der Waals surface area contributed by atoms with Gasteiger partial charge in [0.15, 0.2) is 17.3 Å². The summed E-state index contributed by atoms with van der Waals surface area (Å²) in [4.78, 5) is 32.4. The van der Waals surface area contributed by atoms with Gasteiger partial charge in [-0.15, -0.1) is 0 Å². The van der Waals surface area contributed by atoms with Crippen LogP contribution in [0, 0.1) is 11.8 Å². The summed E-state index contributed by atoms with van der Waals surface area (Å²) in [5.41, 5.74) is 7.75. The van der Waals surface area contributed by atoms with Crippen LogP contribution in [0.5, 0.6) is 0 Å². The van der Waals surface area contributed by atoms with Crippen molar-refractivity contribution in [2.45, 2.75) is 32.2 Å². The zero-order valence-corrected chi connectivity index (χ0v) is 18.6. The van der Waals surface area contributed by atoms with Crippen LogP contribution in [-0.4, -0.2) is 47.6 Å². The van der Waals surface area contributed by atoms with Crippen LogP contribution < -0.4 is 21.7 Å². The highest BCUT2D eigenvalue weighted by molar-refractivity contribution is 5.96. The number of primary amides is 1. The second-order valence-corrected chi connectivity index (χ2v) is 7.39. The molecule has 2 aromatic rings. The summed E-state index contributed by atoms with van der Waals surface area (Å²) in [6.45, 7) is 6.95. The van der Waals surface area contributed by atoms with Gasteiger partial charge >= 0.3 is 0 Å². The monoisotopic (exact) mass is 448 g/mol. The molecule has 2 amide bonds. The molecule has 2 heterocycles. The predicted octanol–water partition coefficient (Wildman–Crippen LogP) is 2.13. The Balaban J connectivity index is 1.83. The lowest BCUT2D eigenvalue weighted by molar-refractivity contribution is -0.116. The lowest BCUT2D eigenvalue weighted by Gasteiger charge is -2.25. The van der Waals surface area contributed by atoms with Crippen LogP contribution in [0.25, 0.3) is 0 Å². The number of carbonyl (C=O) groups excluding carboxylic acids is 2. The maximum Gasteiger partial charge on any atom is 0.271 e. The third kappa shape index (κ3) is 6.79. The van der Waals surface area contributed by atoms with Crippen LogP contribution in [0.2, 0.25) is 0 Å². The number of nitrogens with one attached hydrogen (secondary N) is 3. The number of anilines is 3. The third-order valence-corrected chi connectivity index (χ3v) is 4.99. The topological polar surface area (TPSA) is 131 Å². The summed E-state index contributed by atoms with van der Waals surface area (Å²) in [5.74, 6) is 5.82. The van der Waals surface area contributed by atoms with Gasteiger partial charge in [-0.1, -0.05) is 31.4 Å². The van der Waals surface area contributed by atoms with Gasteiger partial charge in [0.1, 0.15) is 0 Å². The Bertz CT molecular complexity index is 1080. The average molecular weight is 449 g/mol. The fourth-order valence-corrected chi connectivity index (χ4v) is 3.29. The number of nitrogens with two attached hydrogens (primary N) is 1.